The van der Waals surface area contributed by atoms with E-state index in [9.17, 15) is 4.79 Å². The van der Waals surface area contributed by atoms with E-state index in [1.165, 1.54) is 5.56 Å². The molecule has 102 valence electrons. The van der Waals surface area contributed by atoms with Crippen LogP contribution in [-0.4, -0.2) is 37.8 Å². The number of rotatable bonds is 9. The first-order chi connectivity index (χ1) is 8.76. The molecule has 2 N–H and O–H groups in total. The molecule has 1 amide bonds. The average Bonchev–Trinajstić information content (AvgIpc) is 2.82. The van der Waals surface area contributed by atoms with Crippen molar-refractivity contribution in [2.45, 2.75) is 25.9 Å². The molecular formula is C13H23N3O2. The van der Waals surface area contributed by atoms with E-state index in [-0.39, 0.29) is 5.91 Å². The Labute approximate surface area is 109 Å². The van der Waals surface area contributed by atoms with Crippen LogP contribution in [0.15, 0.2) is 18.5 Å². The highest BCUT2D eigenvalue weighted by Crippen LogP contribution is 2.03. The van der Waals surface area contributed by atoms with Gasteiger partial charge < -0.3 is 19.9 Å². The summed E-state index contributed by atoms with van der Waals surface area (Å²) in [4.78, 5) is 11.1. The molecule has 0 aliphatic rings. The summed E-state index contributed by atoms with van der Waals surface area (Å²) in [7, 11) is 3.37. The van der Waals surface area contributed by atoms with Gasteiger partial charge in [-0.1, -0.05) is 0 Å². The van der Waals surface area contributed by atoms with E-state index < -0.39 is 0 Å². The van der Waals surface area contributed by atoms with Crippen LogP contribution in [0.1, 0.15) is 18.4 Å². The second kappa shape index (κ2) is 8.72. The lowest BCUT2D eigenvalue weighted by Crippen LogP contribution is -2.18. The molecule has 0 fully saturated rings. The molecule has 0 saturated heterocycles. The van der Waals surface area contributed by atoms with E-state index in [0.29, 0.717) is 6.42 Å². The van der Waals surface area contributed by atoms with Crippen molar-refractivity contribution in [1.29, 1.82) is 0 Å². The van der Waals surface area contributed by atoms with Crippen LogP contribution in [0.25, 0.3) is 0 Å². The third-order valence-corrected chi connectivity index (χ3v) is 2.72. The summed E-state index contributed by atoms with van der Waals surface area (Å²) in [5.41, 5.74) is 1.26. The minimum atomic E-state index is 0.101. The lowest BCUT2D eigenvalue weighted by atomic mass is 10.3. The number of aromatic nitrogens is 1. The van der Waals surface area contributed by atoms with Crippen LogP contribution in [0.4, 0.5) is 0 Å². The first-order valence-electron chi connectivity index (χ1n) is 6.31. The average molecular weight is 253 g/mol. The molecule has 1 rings (SSSR count). The molecule has 0 aliphatic carbocycles. The fourth-order valence-corrected chi connectivity index (χ4v) is 1.69. The normalized spacial score (nSPS) is 10.6. The van der Waals surface area contributed by atoms with Crippen molar-refractivity contribution < 1.29 is 9.53 Å². The van der Waals surface area contributed by atoms with E-state index in [2.05, 4.69) is 33.7 Å². The maximum absolute atomic E-state index is 11.1. The SMILES string of the molecule is CNC(=O)CCCn1ccc(CNCCOC)c1. The third-order valence-electron chi connectivity index (χ3n) is 2.72. The monoisotopic (exact) mass is 253 g/mol. The molecule has 1 heterocycles. The van der Waals surface area contributed by atoms with Crippen molar-refractivity contribution in [1.82, 2.24) is 15.2 Å². The van der Waals surface area contributed by atoms with Gasteiger partial charge in [-0.2, -0.15) is 0 Å². The topological polar surface area (TPSA) is 55.3 Å². The zero-order valence-corrected chi connectivity index (χ0v) is 11.2. The number of nitrogens with one attached hydrogen (secondary N) is 2. The van der Waals surface area contributed by atoms with E-state index >= 15 is 0 Å². The van der Waals surface area contributed by atoms with Crippen molar-refractivity contribution >= 4 is 5.91 Å². The van der Waals surface area contributed by atoms with Crippen molar-refractivity contribution in [3.8, 4) is 0 Å². The minimum absolute atomic E-state index is 0.101. The smallest absolute Gasteiger partial charge is 0.219 e. The molecule has 1 aromatic heterocycles. The Hall–Kier alpha value is -1.33. The number of nitrogens with zero attached hydrogens (tertiary/aromatic N) is 1. The largest absolute Gasteiger partial charge is 0.383 e. The van der Waals surface area contributed by atoms with Crippen LogP contribution in [0, 0.1) is 0 Å². The number of aryl methyl sites for hydroxylation is 1. The number of hydrogen-bond donors (Lipinski definition) is 2. The van der Waals surface area contributed by atoms with Crippen LogP contribution >= 0.6 is 0 Å². The molecule has 0 atom stereocenters. The zero-order valence-electron chi connectivity index (χ0n) is 11.2. The van der Waals surface area contributed by atoms with Crippen LogP contribution < -0.4 is 10.6 Å². The molecule has 5 nitrogen and oxygen atoms in total. The molecular weight excluding hydrogens is 230 g/mol. The second-order valence-corrected chi connectivity index (χ2v) is 4.20. The first-order valence-corrected chi connectivity index (χ1v) is 6.31. The number of hydrogen-bond acceptors (Lipinski definition) is 3. The molecule has 0 aromatic carbocycles. The van der Waals surface area contributed by atoms with Crippen LogP contribution in [0.3, 0.4) is 0 Å². The molecule has 0 radical (unpaired) electrons. The summed E-state index contributed by atoms with van der Waals surface area (Å²) < 4.78 is 7.09. The van der Waals surface area contributed by atoms with E-state index in [1.54, 1.807) is 14.2 Å². The first kappa shape index (κ1) is 14.7. The van der Waals surface area contributed by atoms with Crippen LogP contribution in [-0.2, 0) is 22.6 Å². The van der Waals surface area contributed by atoms with Gasteiger partial charge in [0.25, 0.3) is 0 Å². The summed E-state index contributed by atoms with van der Waals surface area (Å²) in [6, 6.07) is 2.10. The number of carbonyl (C=O) groups excluding carboxylic acids is 1. The highest BCUT2D eigenvalue weighted by atomic mass is 16.5. The molecule has 0 bridgehead atoms. The number of ether oxygens (including phenoxy) is 1. The lowest BCUT2D eigenvalue weighted by molar-refractivity contribution is -0.120. The van der Waals surface area contributed by atoms with E-state index in [4.69, 9.17) is 4.74 Å². The highest BCUT2D eigenvalue weighted by molar-refractivity contribution is 5.75. The summed E-state index contributed by atoms with van der Waals surface area (Å²) in [5.74, 6) is 0.101. The Balaban J connectivity index is 2.19. The quantitative estimate of drug-likeness (QED) is 0.639. The predicted octanol–water partition coefficient (Wildman–Crippen LogP) is 0.750. The lowest BCUT2D eigenvalue weighted by Gasteiger charge is -2.03. The number of carbonyl (C=O) groups is 1. The third kappa shape index (κ3) is 5.84. The number of methoxy groups -OCH3 is 1. The van der Waals surface area contributed by atoms with Gasteiger partial charge in [0.05, 0.1) is 6.61 Å². The van der Waals surface area contributed by atoms with E-state index in [1.807, 2.05) is 0 Å². The molecule has 18 heavy (non-hydrogen) atoms. The molecule has 0 saturated carbocycles. The van der Waals surface area contributed by atoms with Gasteiger partial charge >= 0.3 is 0 Å². The summed E-state index contributed by atoms with van der Waals surface area (Å²) >= 11 is 0. The van der Waals surface area contributed by atoms with Gasteiger partial charge in [0.1, 0.15) is 0 Å². The van der Waals surface area contributed by atoms with Crippen molar-refractivity contribution in [3.05, 3.63) is 24.0 Å². The Morgan fingerprint density at radius 2 is 2.33 bits per heavy atom. The summed E-state index contributed by atoms with van der Waals surface area (Å²) in [5, 5.41) is 5.92. The summed E-state index contributed by atoms with van der Waals surface area (Å²) in [6.07, 6.45) is 5.61. The maximum Gasteiger partial charge on any atom is 0.219 e. The zero-order chi connectivity index (χ0) is 13.2. The Kier molecular flexibility index (Phi) is 7.13. The van der Waals surface area contributed by atoms with Gasteiger partial charge in [0.15, 0.2) is 0 Å². The molecule has 1 aromatic rings. The molecule has 0 spiro atoms. The second-order valence-electron chi connectivity index (χ2n) is 4.20. The van der Waals surface area contributed by atoms with Crippen LogP contribution in [0.5, 0.6) is 0 Å². The predicted molar refractivity (Wildman–Crippen MR) is 71.3 cm³/mol. The van der Waals surface area contributed by atoms with Gasteiger partial charge in [-0.15, -0.1) is 0 Å². The van der Waals surface area contributed by atoms with Gasteiger partial charge in [0.2, 0.25) is 5.91 Å². The summed E-state index contributed by atoms with van der Waals surface area (Å²) in [6.45, 7) is 3.32. The maximum atomic E-state index is 11.1. The molecule has 0 aliphatic heterocycles. The van der Waals surface area contributed by atoms with E-state index in [0.717, 1.165) is 32.7 Å². The standard InChI is InChI=1S/C13H23N3O2/c1-14-13(17)4-3-7-16-8-5-12(11-16)10-15-6-9-18-2/h5,8,11,15H,3-4,6-7,9-10H2,1-2H3,(H,14,17). The Morgan fingerprint density at radius 1 is 1.50 bits per heavy atom. The fourth-order valence-electron chi connectivity index (χ4n) is 1.69. The van der Waals surface area contributed by atoms with Crippen LogP contribution in [0.2, 0.25) is 0 Å². The van der Waals surface area contributed by atoms with Gasteiger partial charge in [-0.05, 0) is 18.1 Å². The minimum Gasteiger partial charge on any atom is -0.383 e. The molecule has 0 unspecified atom stereocenters. The van der Waals surface area contributed by atoms with Gasteiger partial charge in [-0.25, -0.2) is 0 Å². The van der Waals surface area contributed by atoms with Crippen molar-refractivity contribution in [2.24, 2.45) is 0 Å². The fraction of sp³-hybridized carbons (Fsp3) is 0.615. The number of amides is 1. The highest BCUT2D eigenvalue weighted by Gasteiger charge is 1.99. The van der Waals surface area contributed by atoms with Gasteiger partial charge in [-0.3, -0.25) is 4.79 Å². The van der Waals surface area contributed by atoms with Crippen molar-refractivity contribution in [2.75, 3.05) is 27.3 Å². The van der Waals surface area contributed by atoms with Crippen molar-refractivity contribution in [3.63, 3.8) is 0 Å². The Morgan fingerprint density at radius 3 is 3.06 bits per heavy atom. The Bertz CT molecular complexity index is 350. The molecule has 5 heteroatoms. The van der Waals surface area contributed by atoms with Gasteiger partial charge in [0, 0.05) is 52.6 Å².